The summed E-state index contributed by atoms with van der Waals surface area (Å²) in [7, 11) is 0. The number of alkyl halides is 3. The number of rotatable bonds is 10. The Kier molecular flexibility index (Phi) is 8.63. The molecule has 234 valence electrons. The quantitative estimate of drug-likeness (QED) is 0.173. The summed E-state index contributed by atoms with van der Waals surface area (Å²) in [5.41, 5.74) is -1.10. The molecule has 0 bridgehead atoms. The van der Waals surface area contributed by atoms with Crippen LogP contribution in [0.1, 0.15) is 68.3 Å². The third-order valence-corrected chi connectivity index (χ3v) is 6.91. The van der Waals surface area contributed by atoms with Gasteiger partial charge in [-0.1, -0.05) is 36.4 Å². The summed E-state index contributed by atoms with van der Waals surface area (Å²) >= 11 is 0. The van der Waals surface area contributed by atoms with E-state index in [1.165, 1.54) is 19.1 Å². The zero-order chi connectivity index (χ0) is 32.4. The van der Waals surface area contributed by atoms with Crippen LogP contribution in [-0.4, -0.2) is 38.7 Å². The van der Waals surface area contributed by atoms with Crippen molar-refractivity contribution >= 4 is 12.1 Å². The van der Waals surface area contributed by atoms with Crippen molar-refractivity contribution in [3.63, 3.8) is 0 Å². The minimum atomic E-state index is -4.56. The number of nitrogens with zero attached hydrogens (tertiary/aromatic N) is 5. The Bertz CT molecular complexity index is 1740. The summed E-state index contributed by atoms with van der Waals surface area (Å²) in [5, 5.41) is 18.2. The molecular formula is C31H28F3N5O6. The van der Waals surface area contributed by atoms with Gasteiger partial charge in [0.25, 0.3) is 0 Å². The molecule has 11 nitrogen and oxygen atoms in total. The van der Waals surface area contributed by atoms with Gasteiger partial charge in [-0.2, -0.15) is 18.4 Å². The minimum absolute atomic E-state index is 0.0208. The van der Waals surface area contributed by atoms with Crippen molar-refractivity contribution in [1.82, 2.24) is 20.0 Å². The summed E-state index contributed by atoms with van der Waals surface area (Å²) < 4.78 is 61.6. The predicted octanol–water partition coefficient (Wildman–Crippen LogP) is 6.81. The lowest BCUT2D eigenvalue weighted by atomic mass is 9.95. The molecule has 1 unspecified atom stereocenters. The maximum absolute atomic E-state index is 13.3. The third-order valence-electron chi connectivity index (χ3n) is 6.91. The highest BCUT2D eigenvalue weighted by atomic mass is 19.4. The number of carbonyl (C=O) groups excluding carboxylic acids is 2. The van der Waals surface area contributed by atoms with Crippen molar-refractivity contribution in [3.05, 3.63) is 77.2 Å². The Morgan fingerprint density at radius 3 is 2.47 bits per heavy atom. The van der Waals surface area contributed by atoms with Crippen molar-refractivity contribution in [2.45, 2.75) is 58.5 Å². The lowest BCUT2D eigenvalue weighted by molar-refractivity contribution is -0.158. The highest BCUT2D eigenvalue weighted by Crippen LogP contribution is 2.46. The van der Waals surface area contributed by atoms with Crippen LogP contribution in [0.3, 0.4) is 0 Å². The van der Waals surface area contributed by atoms with E-state index >= 15 is 0 Å². The summed E-state index contributed by atoms with van der Waals surface area (Å²) in [5.74, 6) is -0.308. The van der Waals surface area contributed by atoms with E-state index in [9.17, 15) is 28.0 Å². The fourth-order valence-corrected chi connectivity index (χ4v) is 4.23. The number of esters is 1. The van der Waals surface area contributed by atoms with Crippen molar-refractivity contribution in [2.24, 2.45) is 5.41 Å². The van der Waals surface area contributed by atoms with E-state index in [4.69, 9.17) is 18.6 Å². The Labute approximate surface area is 255 Å². The average molecular weight is 624 g/mol. The van der Waals surface area contributed by atoms with Gasteiger partial charge in [0.2, 0.25) is 12.1 Å². The summed E-state index contributed by atoms with van der Waals surface area (Å²) in [6.45, 7) is 4.27. The van der Waals surface area contributed by atoms with Crippen molar-refractivity contribution in [2.75, 3.05) is 6.61 Å². The second-order valence-corrected chi connectivity index (χ2v) is 11.1. The molecule has 0 radical (unpaired) electrons. The van der Waals surface area contributed by atoms with Crippen LogP contribution in [0.25, 0.3) is 22.8 Å². The number of hydrogen-bond acceptors (Lipinski definition) is 10. The van der Waals surface area contributed by atoms with Crippen LogP contribution in [0.15, 0.2) is 59.0 Å². The number of nitriles is 1. The number of carbonyl (C=O) groups is 2. The standard InChI is InChI=1S/C31H28F3N5O6/c1-18(44-29(41)43-17-30(2,3)28(40)42-16-19-8-5-4-6-9-19)39-37-23(15-35)24(38-39)25-26(20-12-13-20)45-27(36-25)21-10-7-11-22(14-21)31(32,33)34/h4-11,14,18,20H,12-13,16-17H2,1-3H3. The number of oxazole rings is 1. The average Bonchev–Trinajstić information content (AvgIpc) is 3.61. The Balaban J connectivity index is 1.27. The van der Waals surface area contributed by atoms with Crippen LogP contribution in [0.2, 0.25) is 0 Å². The van der Waals surface area contributed by atoms with Crippen molar-refractivity contribution in [1.29, 1.82) is 5.26 Å². The largest absolute Gasteiger partial charge is 0.510 e. The summed E-state index contributed by atoms with van der Waals surface area (Å²) in [4.78, 5) is 30.4. The molecule has 2 aromatic carbocycles. The first-order chi connectivity index (χ1) is 21.4. The normalized spacial score (nSPS) is 14.0. The molecule has 1 saturated carbocycles. The highest BCUT2D eigenvalue weighted by molar-refractivity contribution is 5.76. The lowest BCUT2D eigenvalue weighted by Gasteiger charge is -2.22. The van der Waals surface area contributed by atoms with Gasteiger partial charge in [0.1, 0.15) is 30.7 Å². The maximum atomic E-state index is 13.3. The van der Waals surface area contributed by atoms with E-state index in [0.29, 0.717) is 5.76 Å². The van der Waals surface area contributed by atoms with Crippen LogP contribution < -0.4 is 0 Å². The van der Waals surface area contributed by atoms with Gasteiger partial charge in [-0.05, 0) is 57.4 Å². The second kappa shape index (κ2) is 12.4. The molecule has 1 fully saturated rings. The molecule has 1 atom stereocenters. The molecular weight excluding hydrogens is 595 g/mol. The van der Waals surface area contributed by atoms with Crippen molar-refractivity contribution in [3.8, 4) is 28.9 Å². The molecule has 1 aliphatic carbocycles. The van der Waals surface area contributed by atoms with Gasteiger partial charge in [-0.15, -0.1) is 15.0 Å². The molecule has 0 N–H and O–H groups in total. The molecule has 2 aromatic heterocycles. The molecule has 0 aliphatic heterocycles. The molecule has 5 rings (SSSR count). The molecule has 0 saturated heterocycles. The topological polar surface area (TPSA) is 142 Å². The monoisotopic (exact) mass is 623 g/mol. The van der Waals surface area contributed by atoms with Crippen LogP contribution >= 0.6 is 0 Å². The molecule has 4 aromatic rings. The molecule has 2 heterocycles. The molecule has 0 spiro atoms. The SMILES string of the molecule is CC(OC(=O)OCC(C)(C)C(=O)OCc1ccccc1)n1nc(C#N)c(-c2nc(-c3cccc(C(F)(F)F)c3)oc2C2CC2)n1. The summed E-state index contributed by atoms with van der Waals surface area (Å²) in [6, 6.07) is 15.6. The molecule has 14 heteroatoms. The fourth-order valence-electron chi connectivity index (χ4n) is 4.23. The fraction of sp³-hybridized carbons (Fsp3) is 0.355. The van der Waals surface area contributed by atoms with E-state index < -0.39 is 35.5 Å². The first-order valence-electron chi connectivity index (χ1n) is 14.0. The number of aromatic nitrogens is 4. The first-order valence-corrected chi connectivity index (χ1v) is 14.0. The summed E-state index contributed by atoms with van der Waals surface area (Å²) in [6.07, 6.45) is -5.29. The predicted molar refractivity (Wildman–Crippen MR) is 150 cm³/mol. The van der Waals surface area contributed by atoms with Crippen LogP contribution in [0.5, 0.6) is 0 Å². The lowest BCUT2D eigenvalue weighted by Crippen LogP contribution is -2.33. The van der Waals surface area contributed by atoms with E-state index in [1.54, 1.807) is 13.8 Å². The zero-order valence-corrected chi connectivity index (χ0v) is 24.5. The molecule has 45 heavy (non-hydrogen) atoms. The van der Waals surface area contributed by atoms with Crippen LogP contribution in [-0.2, 0) is 31.8 Å². The van der Waals surface area contributed by atoms with Gasteiger partial charge in [0.15, 0.2) is 11.4 Å². The van der Waals surface area contributed by atoms with Gasteiger partial charge in [-0.3, -0.25) is 4.79 Å². The minimum Gasteiger partial charge on any atom is -0.460 e. The zero-order valence-electron chi connectivity index (χ0n) is 24.5. The smallest absolute Gasteiger partial charge is 0.460 e. The number of hydrogen-bond donors (Lipinski definition) is 0. The highest BCUT2D eigenvalue weighted by Gasteiger charge is 2.36. The van der Waals surface area contributed by atoms with Gasteiger partial charge in [-0.25, -0.2) is 9.78 Å². The van der Waals surface area contributed by atoms with Crippen LogP contribution in [0, 0.1) is 16.7 Å². The Morgan fingerprint density at radius 1 is 1.07 bits per heavy atom. The molecule has 0 amide bonds. The van der Waals surface area contributed by atoms with Gasteiger partial charge in [0.05, 0.1) is 11.0 Å². The van der Waals surface area contributed by atoms with E-state index in [-0.39, 0.29) is 47.7 Å². The Hall–Kier alpha value is -5.19. The van der Waals surface area contributed by atoms with Gasteiger partial charge < -0.3 is 18.6 Å². The van der Waals surface area contributed by atoms with Gasteiger partial charge in [0, 0.05) is 11.5 Å². The Morgan fingerprint density at radius 2 is 1.80 bits per heavy atom. The van der Waals surface area contributed by atoms with Crippen molar-refractivity contribution < 1.29 is 41.4 Å². The number of benzene rings is 2. The molecule has 1 aliphatic rings. The second-order valence-electron chi connectivity index (χ2n) is 11.1. The van der Waals surface area contributed by atoms with Gasteiger partial charge >= 0.3 is 18.3 Å². The van der Waals surface area contributed by atoms with E-state index in [2.05, 4.69) is 15.2 Å². The van der Waals surface area contributed by atoms with Crippen LogP contribution in [0.4, 0.5) is 18.0 Å². The third kappa shape index (κ3) is 7.31. The first kappa shape index (κ1) is 31.2. The number of halogens is 3. The number of ether oxygens (including phenoxy) is 3. The maximum Gasteiger partial charge on any atom is 0.510 e. The van der Waals surface area contributed by atoms with E-state index in [0.717, 1.165) is 35.3 Å². The van der Waals surface area contributed by atoms with E-state index in [1.807, 2.05) is 36.4 Å².